The molecule has 6 aromatic carbocycles. The average Bonchev–Trinajstić information content (AvgIpc) is 1.000. The molecule has 0 amide bonds. The summed E-state index contributed by atoms with van der Waals surface area (Å²) in [5, 5.41) is 0. The summed E-state index contributed by atoms with van der Waals surface area (Å²) in [6, 6.07) is 47.2. The lowest BCUT2D eigenvalue weighted by atomic mass is 9.59. The molecule has 0 atom stereocenters. The highest BCUT2D eigenvalue weighted by molar-refractivity contribution is 6.39. The van der Waals surface area contributed by atoms with E-state index in [0.29, 0.717) is 11.5 Å². The molecule has 9 nitrogen and oxygen atoms in total. The van der Waals surface area contributed by atoms with Crippen LogP contribution in [0.4, 0.5) is 0 Å². The van der Waals surface area contributed by atoms with Gasteiger partial charge in [0.15, 0.2) is 0 Å². The van der Waals surface area contributed by atoms with E-state index in [9.17, 15) is 28.8 Å². The molecule has 0 saturated heterocycles. The molecule has 6 rings (SSSR count). The Hall–Kier alpha value is -7.26. The topological polar surface area (TPSA) is 130 Å². The molecule has 0 fully saturated rings. The van der Waals surface area contributed by atoms with Crippen LogP contribution in [0.3, 0.4) is 0 Å². The maximum absolute atomic E-state index is 13.8. The zero-order chi connectivity index (χ0) is 63.5. The van der Waals surface area contributed by atoms with Crippen LogP contribution in [0.25, 0.3) is 0 Å². The molecule has 0 unspecified atom stereocenters. The number of ether oxygens (including phenoxy) is 3. The van der Waals surface area contributed by atoms with Crippen molar-refractivity contribution in [3.8, 4) is 11.5 Å². The number of benzene rings is 6. The Labute approximate surface area is 511 Å². The molecule has 85 heavy (non-hydrogen) atoms. The SMILES string of the molecule is C.CC(C)(C)OC(=O)C(=O)C(c1ccccc1)(c1ccccc1)c1ccccc1.CC(C)c1cccc(C(C)C)c1OC(=O)C(=O)C(C(C)C)(C(C)C)C(C)C.Cc1c(C(C)(C)C)cc(OC(=O)C(=O)C(C)(C)c2ccccc2)cc1C(C)(C)C. The molecule has 0 aromatic heterocycles. The van der Waals surface area contributed by atoms with Crippen LogP contribution in [0.15, 0.2) is 152 Å². The van der Waals surface area contributed by atoms with E-state index in [-0.39, 0.29) is 47.8 Å². The molecule has 0 N–H and O–H groups in total. The lowest BCUT2D eigenvalue weighted by molar-refractivity contribution is -0.163. The van der Waals surface area contributed by atoms with E-state index < -0.39 is 57.1 Å². The van der Waals surface area contributed by atoms with E-state index in [4.69, 9.17) is 14.2 Å². The fourth-order valence-electron chi connectivity index (χ4n) is 11.8. The Morgan fingerprint density at radius 1 is 0.388 bits per heavy atom. The third-order valence-electron chi connectivity index (χ3n) is 16.0. The van der Waals surface area contributed by atoms with Crippen molar-refractivity contribution in [2.45, 2.75) is 199 Å². The number of carbonyl (C=O) groups excluding carboxylic acids is 6. The smallest absolute Gasteiger partial charge is 0.380 e. The minimum absolute atomic E-state index is 0. The Morgan fingerprint density at radius 2 is 0.718 bits per heavy atom. The number of hydrogen-bond acceptors (Lipinski definition) is 9. The molecule has 0 aliphatic rings. The third kappa shape index (κ3) is 16.8. The number of hydrogen-bond donors (Lipinski definition) is 0. The van der Waals surface area contributed by atoms with Gasteiger partial charge < -0.3 is 14.2 Å². The van der Waals surface area contributed by atoms with Crippen molar-refractivity contribution < 1.29 is 43.0 Å². The molecular formula is C76H100O9. The summed E-state index contributed by atoms with van der Waals surface area (Å²) in [6.45, 7) is 44.1. The molecular weight excluding hydrogens is 1060 g/mol. The van der Waals surface area contributed by atoms with Gasteiger partial charge in [-0.3, -0.25) is 14.4 Å². The van der Waals surface area contributed by atoms with Gasteiger partial charge in [0.1, 0.15) is 22.5 Å². The van der Waals surface area contributed by atoms with E-state index in [1.54, 1.807) is 34.6 Å². The minimum Gasteiger partial charge on any atom is -0.454 e. The largest absolute Gasteiger partial charge is 0.454 e. The molecule has 6 aromatic rings. The predicted octanol–water partition coefficient (Wildman–Crippen LogP) is 18.0. The standard InChI is InChI=1S/C26H34O3.C25H24O3.C24H38O3.CH4/c1-17-20(24(2,3)4)15-19(16-21(17)25(5,6)7)29-23(28)22(27)26(8,9)18-13-11-10-12-14-18;1-24(2,3)28-23(27)22(26)25(19-13-7-4-8-14-19,20-15-9-5-10-16-20)21-17-11-6-12-18-21;1-14(2)19-12-11-13-20(15(3)4)21(19)27-23(26)22(25)24(16(5)6,17(7)8)18(9)10;/h10-16H,1-9H3;4-18H,1-3H3;11-18H,1-10H3;1H4. The van der Waals surface area contributed by atoms with Gasteiger partial charge in [0, 0.05) is 5.41 Å². The zero-order valence-electron chi connectivity index (χ0n) is 54.5. The van der Waals surface area contributed by atoms with Crippen molar-refractivity contribution in [1.82, 2.24) is 0 Å². The lowest BCUT2D eigenvalue weighted by Crippen LogP contribution is -2.50. The molecule has 0 saturated carbocycles. The van der Waals surface area contributed by atoms with Crippen LogP contribution in [0.1, 0.15) is 215 Å². The average molecular weight is 1160 g/mol. The second-order valence-electron chi connectivity index (χ2n) is 27.2. The van der Waals surface area contributed by atoms with Crippen molar-refractivity contribution in [2.75, 3.05) is 0 Å². The highest BCUT2D eigenvalue weighted by Gasteiger charge is 2.51. The predicted molar refractivity (Wildman–Crippen MR) is 348 cm³/mol. The summed E-state index contributed by atoms with van der Waals surface area (Å²) < 4.78 is 16.9. The van der Waals surface area contributed by atoms with Gasteiger partial charge in [-0.2, -0.15) is 0 Å². The van der Waals surface area contributed by atoms with E-state index in [0.717, 1.165) is 44.5 Å². The second-order valence-corrected chi connectivity index (χ2v) is 27.2. The molecule has 0 spiro atoms. The Balaban J connectivity index is 0.000000332. The fourth-order valence-corrected chi connectivity index (χ4v) is 11.8. The molecule has 0 aliphatic carbocycles. The molecule has 0 bridgehead atoms. The summed E-state index contributed by atoms with van der Waals surface area (Å²) in [4.78, 5) is 78.8. The van der Waals surface area contributed by atoms with E-state index >= 15 is 0 Å². The van der Waals surface area contributed by atoms with Crippen LogP contribution in [-0.2, 0) is 55.2 Å². The number of Topliss-reactive ketones (excluding diaryl/α,β-unsaturated/α-hetero) is 3. The van der Waals surface area contributed by atoms with Crippen molar-refractivity contribution >= 4 is 35.3 Å². The number of rotatable bonds is 17. The van der Waals surface area contributed by atoms with Crippen molar-refractivity contribution in [1.29, 1.82) is 0 Å². The summed E-state index contributed by atoms with van der Waals surface area (Å²) in [7, 11) is 0. The number of ketones is 3. The second kappa shape index (κ2) is 29.2. The highest BCUT2D eigenvalue weighted by atomic mass is 16.6. The summed E-state index contributed by atoms with van der Waals surface area (Å²) in [5.41, 5.74) is 4.36. The van der Waals surface area contributed by atoms with Crippen LogP contribution in [0, 0.1) is 30.1 Å². The molecule has 0 radical (unpaired) electrons. The maximum atomic E-state index is 13.8. The van der Waals surface area contributed by atoms with E-state index in [2.05, 4.69) is 76.2 Å². The van der Waals surface area contributed by atoms with Gasteiger partial charge in [-0.25, -0.2) is 14.4 Å². The number of carbonyl (C=O) groups is 6. The van der Waals surface area contributed by atoms with Crippen LogP contribution < -0.4 is 9.47 Å². The quantitative estimate of drug-likeness (QED) is 0.0379. The monoisotopic (exact) mass is 1160 g/mol. The Bertz CT molecular complexity index is 3020. The van der Waals surface area contributed by atoms with Gasteiger partial charge in [-0.1, -0.05) is 258 Å². The summed E-state index contributed by atoms with van der Waals surface area (Å²) in [5.74, 6) is -2.46. The molecule has 0 heterocycles. The summed E-state index contributed by atoms with van der Waals surface area (Å²) >= 11 is 0. The van der Waals surface area contributed by atoms with Crippen molar-refractivity contribution in [2.24, 2.45) is 23.2 Å². The van der Waals surface area contributed by atoms with Crippen LogP contribution in [-0.4, -0.2) is 40.9 Å². The number of esters is 3. The van der Waals surface area contributed by atoms with Gasteiger partial charge in [-0.05, 0) is 144 Å². The van der Waals surface area contributed by atoms with Crippen LogP contribution in [0.5, 0.6) is 11.5 Å². The molecule has 458 valence electrons. The first-order valence-electron chi connectivity index (χ1n) is 29.7. The van der Waals surface area contributed by atoms with Gasteiger partial charge in [0.2, 0.25) is 11.6 Å². The number of para-hydroxylation sites is 1. The van der Waals surface area contributed by atoms with Crippen LogP contribution in [0.2, 0.25) is 0 Å². The van der Waals surface area contributed by atoms with Crippen LogP contribution >= 0.6 is 0 Å². The fraction of sp³-hybridized carbons (Fsp3) is 0.447. The first-order valence-corrected chi connectivity index (χ1v) is 29.7. The van der Waals surface area contributed by atoms with E-state index in [1.165, 1.54) is 5.56 Å². The van der Waals surface area contributed by atoms with Gasteiger partial charge >= 0.3 is 17.9 Å². The van der Waals surface area contributed by atoms with E-state index in [1.807, 2.05) is 193 Å². The third-order valence-corrected chi connectivity index (χ3v) is 16.0. The normalized spacial score (nSPS) is 12.1. The first-order chi connectivity index (χ1) is 38.9. The molecule has 9 heteroatoms. The van der Waals surface area contributed by atoms with Crippen molar-refractivity contribution in [3.63, 3.8) is 0 Å². The van der Waals surface area contributed by atoms with Gasteiger partial charge in [0.05, 0.1) is 5.41 Å². The molecule has 0 aliphatic heterocycles. The first kappa shape index (κ1) is 72.0. The highest BCUT2D eigenvalue weighted by Crippen LogP contribution is 2.46. The zero-order valence-corrected chi connectivity index (χ0v) is 54.5. The maximum Gasteiger partial charge on any atom is 0.380 e. The van der Waals surface area contributed by atoms with Gasteiger partial charge in [0.25, 0.3) is 5.78 Å². The lowest BCUT2D eigenvalue weighted by Gasteiger charge is -2.42. The Morgan fingerprint density at radius 3 is 1.02 bits per heavy atom. The minimum atomic E-state index is -1.29. The van der Waals surface area contributed by atoms with Gasteiger partial charge in [-0.15, -0.1) is 0 Å². The van der Waals surface area contributed by atoms with Crippen molar-refractivity contribution in [3.05, 3.63) is 202 Å². The summed E-state index contributed by atoms with van der Waals surface area (Å²) in [6.07, 6.45) is 0. The Kier molecular flexibility index (Phi) is 24.8.